The Morgan fingerprint density at radius 1 is 1.40 bits per heavy atom. The largest absolute Gasteiger partial charge is 0.364 e. The molecule has 3 N–H and O–H groups in total. The molecule has 4 nitrogen and oxygen atoms in total. The predicted molar refractivity (Wildman–Crippen MR) is 80.3 cm³/mol. The molecule has 1 aliphatic heterocycles. The van der Waals surface area contributed by atoms with Gasteiger partial charge in [-0.1, -0.05) is 28.1 Å². The van der Waals surface area contributed by atoms with Crippen LogP contribution in [0.1, 0.15) is 36.4 Å². The summed E-state index contributed by atoms with van der Waals surface area (Å²) in [6, 6.07) is 6.27. The summed E-state index contributed by atoms with van der Waals surface area (Å²) in [6.45, 7) is 0.489. The number of amides is 1. The normalized spacial score (nSPS) is 28.4. The van der Waals surface area contributed by atoms with E-state index in [4.69, 9.17) is 10.5 Å². The van der Waals surface area contributed by atoms with E-state index in [0.717, 1.165) is 30.2 Å². The molecule has 1 aliphatic carbocycles. The summed E-state index contributed by atoms with van der Waals surface area (Å²) < 4.78 is 6.78. The number of nitrogens with one attached hydrogen (secondary N) is 1. The highest BCUT2D eigenvalue weighted by Crippen LogP contribution is 2.35. The molecule has 3 rings (SSSR count). The van der Waals surface area contributed by atoms with Crippen molar-refractivity contribution in [3.63, 3.8) is 0 Å². The highest BCUT2D eigenvalue weighted by molar-refractivity contribution is 9.10. The molecule has 3 atom stereocenters. The van der Waals surface area contributed by atoms with Crippen LogP contribution in [0.2, 0.25) is 0 Å². The minimum absolute atomic E-state index is 0.00113. The van der Waals surface area contributed by atoms with Gasteiger partial charge in [0.15, 0.2) is 0 Å². The van der Waals surface area contributed by atoms with Crippen molar-refractivity contribution in [1.29, 1.82) is 0 Å². The number of carbonyl (C=O) groups excluding carboxylic acids is 1. The molecule has 1 heterocycles. The molecule has 1 amide bonds. The van der Waals surface area contributed by atoms with Crippen molar-refractivity contribution >= 4 is 21.8 Å². The van der Waals surface area contributed by atoms with E-state index in [-0.39, 0.29) is 24.2 Å². The molecule has 1 aromatic carbocycles. The SMILES string of the molecule is NC[C@H]1CC[C@@H](C(=O)NC2CCc3c(Br)cccc32)O1. The molecular weight excluding hydrogens is 320 g/mol. The topological polar surface area (TPSA) is 64.4 Å². The van der Waals surface area contributed by atoms with Gasteiger partial charge < -0.3 is 15.8 Å². The third-order valence-electron chi connectivity index (χ3n) is 4.19. The van der Waals surface area contributed by atoms with Crippen molar-refractivity contribution in [2.24, 2.45) is 5.73 Å². The van der Waals surface area contributed by atoms with Crippen molar-refractivity contribution in [1.82, 2.24) is 5.32 Å². The first kappa shape index (κ1) is 14.0. The summed E-state index contributed by atoms with van der Waals surface area (Å²) in [6.07, 6.45) is 3.30. The van der Waals surface area contributed by atoms with Gasteiger partial charge in [-0.15, -0.1) is 0 Å². The van der Waals surface area contributed by atoms with Crippen molar-refractivity contribution in [2.75, 3.05) is 6.54 Å². The number of ether oxygens (including phenoxy) is 1. The highest BCUT2D eigenvalue weighted by Gasteiger charge is 2.33. The van der Waals surface area contributed by atoms with Crippen LogP contribution in [0.15, 0.2) is 22.7 Å². The standard InChI is InChI=1S/C15H19BrN2O2/c16-12-3-1-2-11-10(12)5-6-13(11)18-15(19)14-7-4-9(8-17)20-14/h1-3,9,13-14H,4-8,17H2,(H,18,19)/t9-,13?,14+/m1/s1. The Morgan fingerprint density at radius 3 is 3.00 bits per heavy atom. The fourth-order valence-electron chi connectivity index (χ4n) is 3.10. The summed E-state index contributed by atoms with van der Waals surface area (Å²) >= 11 is 3.57. The van der Waals surface area contributed by atoms with E-state index in [1.54, 1.807) is 0 Å². The Kier molecular flexibility index (Phi) is 4.10. The Balaban J connectivity index is 1.66. The molecule has 0 saturated carbocycles. The third kappa shape index (κ3) is 2.62. The number of hydrogen-bond donors (Lipinski definition) is 2. The van der Waals surface area contributed by atoms with Crippen molar-refractivity contribution in [2.45, 2.75) is 43.9 Å². The second kappa shape index (κ2) is 5.84. The van der Waals surface area contributed by atoms with E-state index >= 15 is 0 Å². The second-order valence-electron chi connectivity index (χ2n) is 5.47. The number of benzene rings is 1. The second-order valence-corrected chi connectivity index (χ2v) is 6.32. The molecule has 108 valence electrons. The van der Waals surface area contributed by atoms with Crippen LogP contribution in [-0.4, -0.2) is 24.7 Å². The van der Waals surface area contributed by atoms with E-state index in [0.29, 0.717) is 6.54 Å². The van der Waals surface area contributed by atoms with Crippen molar-refractivity contribution < 1.29 is 9.53 Å². The lowest BCUT2D eigenvalue weighted by atomic mass is 10.1. The van der Waals surface area contributed by atoms with Crippen LogP contribution in [0, 0.1) is 0 Å². The van der Waals surface area contributed by atoms with Crippen LogP contribution in [0.3, 0.4) is 0 Å². The zero-order valence-corrected chi connectivity index (χ0v) is 12.9. The average molecular weight is 339 g/mol. The lowest BCUT2D eigenvalue weighted by molar-refractivity contribution is -0.132. The van der Waals surface area contributed by atoms with Crippen LogP contribution in [0.5, 0.6) is 0 Å². The fraction of sp³-hybridized carbons (Fsp3) is 0.533. The first-order valence-corrected chi connectivity index (χ1v) is 7.91. The van der Waals surface area contributed by atoms with E-state index in [2.05, 4.69) is 33.4 Å². The number of nitrogens with two attached hydrogens (primary N) is 1. The van der Waals surface area contributed by atoms with E-state index in [1.807, 2.05) is 6.07 Å². The van der Waals surface area contributed by atoms with Gasteiger partial charge in [0.05, 0.1) is 12.1 Å². The first-order chi connectivity index (χ1) is 9.69. The molecular formula is C15H19BrN2O2. The maximum atomic E-state index is 12.3. The molecule has 1 fully saturated rings. The van der Waals surface area contributed by atoms with Crippen LogP contribution >= 0.6 is 15.9 Å². The summed E-state index contributed by atoms with van der Waals surface area (Å²) in [4.78, 5) is 12.3. The van der Waals surface area contributed by atoms with Gasteiger partial charge in [-0.3, -0.25) is 4.79 Å². The van der Waals surface area contributed by atoms with Gasteiger partial charge in [-0.05, 0) is 42.9 Å². The van der Waals surface area contributed by atoms with Gasteiger partial charge in [-0.25, -0.2) is 0 Å². The maximum Gasteiger partial charge on any atom is 0.249 e. The number of fused-ring (bicyclic) bond motifs is 1. The van der Waals surface area contributed by atoms with Gasteiger partial charge in [0.2, 0.25) is 5.91 Å². The van der Waals surface area contributed by atoms with Gasteiger partial charge in [0.25, 0.3) is 0 Å². The monoisotopic (exact) mass is 338 g/mol. The Hall–Kier alpha value is -0.910. The van der Waals surface area contributed by atoms with Crippen LogP contribution in [-0.2, 0) is 16.0 Å². The first-order valence-electron chi connectivity index (χ1n) is 7.12. The number of carbonyl (C=O) groups is 1. The van der Waals surface area contributed by atoms with Gasteiger partial charge >= 0.3 is 0 Å². The predicted octanol–water partition coefficient (Wildman–Crippen LogP) is 2.06. The molecule has 20 heavy (non-hydrogen) atoms. The Morgan fingerprint density at radius 2 is 2.25 bits per heavy atom. The molecule has 0 spiro atoms. The zero-order chi connectivity index (χ0) is 14.1. The molecule has 1 unspecified atom stereocenters. The summed E-state index contributed by atoms with van der Waals surface area (Å²) in [5.41, 5.74) is 8.11. The molecule has 0 radical (unpaired) electrons. The van der Waals surface area contributed by atoms with Crippen LogP contribution in [0.4, 0.5) is 0 Å². The Labute approximate surface area is 127 Å². The van der Waals surface area contributed by atoms with Crippen molar-refractivity contribution in [3.8, 4) is 0 Å². The minimum atomic E-state index is -0.334. The van der Waals surface area contributed by atoms with E-state index < -0.39 is 0 Å². The van der Waals surface area contributed by atoms with Crippen molar-refractivity contribution in [3.05, 3.63) is 33.8 Å². The summed E-state index contributed by atoms with van der Waals surface area (Å²) in [5.74, 6) is -0.00113. The number of rotatable bonds is 3. The fourth-order valence-corrected chi connectivity index (χ4v) is 3.68. The quantitative estimate of drug-likeness (QED) is 0.886. The number of hydrogen-bond acceptors (Lipinski definition) is 3. The minimum Gasteiger partial charge on any atom is -0.364 e. The lowest BCUT2D eigenvalue weighted by Crippen LogP contribution is -2.37. The van der Waals surface area contributed by atoms with Crippen LogP contribution in [0.25, 0.3) is 0 Å². The zero-order valence-electron chi connectivity index (χ0n) is 11.3. The van der Waals surface area contributed by atoms with Crippen LogP contribution < -0.4 is 11.1 Å². The highest BCUT2D eigenvalue weighted by atomic mass is 79.9. The summed E-state index contributed by atoms with van der Waals surface area (Å²) in [5, 5.41) is 3.12. The number of halogens is 1. The molecule has 1 aromatic rings. The maximum absolute atomic E-state index is 12.3. The van der Waals surface area contributed by atoms with Gasteiger partial charge in [0, 0.05) is 11.0 Å². The molecule has 1 saturated heterocycles. The Bertz CT molecular complexity index is 521. The molecule has 0 bridgehead atoms. The summed E-state index contributed by atoms with van der Waals surface area (Å²) in [7, 11) is 0. The van der Waals surface area contributed by atoms with Gasteiger partial charge in [0.1, 0.15) is 6.10 Å². The molecule has 2 aliphatic rings. The smallest absolute Gasteiger partial charge is 0.249 e. The molecule has 0 aromatic heterocycles. The van der Waals surface area contributed by atoms with E-state index in [9.17, 15) is 4.79 Å². The lowest BCUT2D eigenvalue weighted by Gasteiger charge is -2.18. The average Bonchev–Trinajstić information content (AvgIpc) is 3.07. The molecule has 5 heteroatoms. The van der Waals surface area contributed by atoms with E-state index in [1.165, 1.54) is 11.1 Å². The third-order valence-corrected chi connectivity index (χ3v) is 4.94. The van der Waals surface area contributed by atoms with Gasteiger partial charge in [-0.2, -0.15) is 0 Å².